The molecular formula is C13H19N3O2S. The van der Waals surface area contributed by atoms with E-state index >= 15 is 0 Å². The third-order valence-electron chi connectivity index (χ3n) is 3.22. The van der Waals surface area contributed by atoms with Gasteiger partial charge in [-0.25, -0.2) is 0 Å². The fourth-order valence-electron chi connectivity index (χ4n) is 2.11. The van der Waals surface area contributed by atoms with Gasteiger partial charge in [-0.05, 0) is 31.0 Å². The third kappa shape index (κ3) is 3.47. The SMILES string of the molecule is CN1CCCCCC1=NS(=O)(=O)c1cccc(N)c1. The molecule has 0 amide bonds. The summed E-state index contributed by atoms with van der Waals surface area (Å²) in [6.07, 6.45) is 3.88. The first-order valence-electron chi connectivity index (χ1n) is 6.39. The summed E-state index contributed by atoms with van der Waals surface area (Å²) in [5, 5.41) is 0. The zero-order valence-corrected chi connectivity index (χ0v) is 11.9. The van der Waals surface area contributed by atoms with Gasteiger partial charge in [0.2, 0.25) is 0 Å². The number of hydrogen-bond donors (Lipinski definition) is 1. The van der Waals surface area contributed by atoms with Crippen LogP contribution in [0.4, 0.5) is 5.69 Å². The lowest BCUT2D eigenvalue weighted by Gasteiger charge is -2.17. The van der Waals surface area contributed by atoms with Crippen molar-refractivity contribution in [1.82, 2.24) is 4.90 Å². The van der Waals surface area contributed by atoms with Crippen LogP contribution in [0.5, 0.6) is 0 Å². The number of likely N-dealkylation sites (tertiary alicyclic amines) is 1. The first-order valence-corrected chi connectivity index (χ1v) is 7.83. The van der Waals surface area contributed by atoms with Crippen LogP contribution in [0.2, 0.25) is 0 Å². The molecule has 0 unspecified atom stereocenters. The van der Waals surface area contributed by atoms with Gasteiger partial charge in [-0.1, -0.05) is 12.5 Å². The van der Waals surface area contributed by atoms with Crippen LogP contribution in [0.15, 0.2) is 33.6 Å². The van der Waals surface area contributed by atoms with Crippen molar-refractivity contribution in [2.24, 2.45) is 4.40 Å². The number of anilines is 1. The summed E-state index contributed by atoms with van der Waals surface area (Å²) in [5.74, 6) is 0.639. The highest BCUT2D eigenvalue weighted by molar-refractivity contribution is 7.90. The Balaban J connectivity index is 2.34. The van der Waals surface area contributed by atoms with E-state index in [4.69, 9.17) is 5.73 Å². The highest BCUT2D eigenvalue weighted by Gasteiger charge is 2.18. The molecule has 0 radical (unpaired) electrons. The number of amidine groups is 1. The molecule has 2 rings (SSSR count). The largest absolute Gasteiger partial charge is 0.399 e. The topological polar surface area (TPSA) is 75.8 Å². The van der Waals surface area contributed by atoms with E-state index in [0.29, 0.717) is 17.9 Å². The zero-order valence-electron chi connectivity index (χ0n) is 11.0. The van der Waals surface area contributed by atoms with E-state index in [0.717, 1.165) is 25.8 Å². The molecule has 2 N–H and O–H groups in total. The normalized spacial score (nSPS) is 19.4. The van der Waals surface area contributed by atoms with Gasteiger partial charge in [-0.3, -0.25) is 0 Å². The van der Waals surface area contributed by atoms with Gasteiger partial charge in [0.25, 0.3) is 10.0 Å². The van der Waals surface area contributed by atoms with Crippen LogP contribution >= 0.6 is 0 Å². The second-order valence-corrected chi connectivity index (χ2v) is 6.39. The lowest BCUT2D eigenvalue weighted by Crippen LogP contribution is -2.26. The molecule has 19 heavy (non-hydrogen) atoms. The average molecular weight is 281 g/mol. The maximum Gasteiger partial charge on any atom is 0.284 e. The Hall–Kier alpha value is -1.56. The lowest BCUT2D eigenvalue weighted by molar-refractivity contribution is 0.494. The first kappa shape index (κ1) is 13.9. The standard InChI is InChI=1S/C13H19N3O2S/c1-16-9-4-2-3-8-13(16)15-19(17,18)12-7-5-6-11(14)10-12/h5-7,10H,2-4,8-9,14H2,1H3. The van der Waals surface area contributed by atoms with Crippen LogP contribution in [0.25, 0.3) is 0 Å². The van der Waals surface area contributed by atoms with Crippen molar-refractivity contribution in [1.29, 1.82) is 0 Å². The van der Waals surface area contributed by atoms with Crippen LogP contribution in [0, 0.1) is 0 Å². The Labute approximate surface area is 114 Å². The fourth-order valence-corrected chi connectivity index (χ4v) is 3.26. The molecule has 6 heteroatoms. The minimum Gasteiger partial charge on any atom is -0.399 e. The predicted octanol–water partition coefficient (Wildman–Crippen LogP) is 1.86. The van der Waals surface area contributed by atoms with Crippen molar-refractivity contribution in [3.05, 3.63) is 24.3 Å². The van der Waals surface area contributed by atoms with E-state index in [1.54, 1.807) is 12.1 Å². The smallest absolute Gasteiger partial charge is 0.284 e. The molecule has 0 aromatic heterocycles. The third-order valence-corrected chi connectivity index (χ3v) is 4.52. The van der Waals surface area contributed by atoms with Crippen LogP contribution in [-0.4, -0.2) is 32.7 Å². The molecule has 1 aliphatic heterocycles. The quantitative estimate of drug-likeness (QED) is 0.840. The van der Waals surface area contributed by atoms with Crippen LogP contribution in [-0.2, 0) is 10.0 Å². The Morgan fingerprint density at radius 2 is 2.05 bits per heavy atom. The maximum atomic E-state index is 12.2. The zero-order chi connectivity index (χ0) is 13.9. The van der Waals surface area contributed by atoms with Gasteiger partial charge in [0.15, 0.2) is 0 Å². The fraction of sp³-hybridized carbons (Fsp3) is 0.462. The molecule has 1 fully saturated rings. The van der Waals surface area contributed by atoms with E-state index in [2.05, 4.69) is 4.40 Å². The number of nitrogen functional groups attached to an aromatic ring is 1. The van der Waals surface area contributed by atoms with E-state index < -0.39 is 10.0 Å². The van der Waals surface area contributed by atoms with Gasteiger partial charge >= 0.3 is 0 Å². The summed E-state index contributed by atoms with van der Waals surface area (Å²) >= 11 is 0. The molecule has 1 aromatic rings. The molecule has 1 aromatic carbocycles. The van der Waals surface area contributed by atoms with Gasteiger partial charge < -0.3 is 10.6 Å². The molecule has 0 spiro atoms. The van der Waals surface area contributed by atoms with Crippen molar-refractivity contribution < 1.29 is 8.42 Å². The summed E-state index contributed by atoms with van der Waals surface area (Å²) in [6.45, 7) is 0.852. The van der Waals surface area contributed by atoms with Crippen molar-refractivity contribution in [3.63, 3.8) is 0 Å². The molecule has 0 aliphatic carbocycles. The molecule has 0 bridgehead atoms. The molecule has 104 valence electrons. The minimum atomic E-state index is -3.67. The van der Waals surface area contributed by atoms with Crippen molar-refractivity contribution >= 4 is 21.5 Å². The second-order valence-electron chi connectivity index (χ2n) is 4.79. The first-order chi connectivity index (χ1) is 8.99. The molecule has 1 aliphatic rings. The van der Waals surface area contributed by atoms with Gasteiger partial charge in [0.05, 0.1) is 4.90 Å². The second kappa shape index (κ2) is 5.61. The number of hydrogen-bond acceptors (Lipinski definition) is 3. The molecule has 0 atom stereocenters. The monoisotopic (exact) mass is 281 g/mol. The minimum absolute atomic E-state index is 0.151. The Bertz CT molecular complexity index is 581. The lowest BCUT2D eigenvalue weighted by atomic mass is 10.2. The van der Waals surface area contributed by atoms with Gasteiger partial charge in [-0.15, -0.1) is 4.40 Å². The van der Waals surface area contributed by atoms with E-state index in [-0.39, 0.29) is 4.90 Å². The van der Waals surface area contributed by atoms with Crippen molar-refractivity contribution in [3.8, 4) is 0 Å². The van der Waals surface area contributed by atoms with Gasteiger partial charge in [0.1, 0.15) is 5.84 Å². The highest BCUT2D eigenvalue weighted by atomic mass is 32.2. The number of nitrogens with two attached hydrogens (primary N) is 1. The summed E-state index contributed by atoms with van der Waals surface area (Å²) in [5.41, 5.74) is 6.04. The highest BCUT2D eigenvalue weighted by Crippen LogP contribution is 2.18. The number of sulfonamides is 1. The molecule has 0 saturated carbocycles. The number of rotatable bonds is 2. The van der Waals surface area contributed by atoms with E-state index in [9.17, 15) is 8.42 Å². The van der Waals surface area contributed by atoms with Gasteiger partial charge in [0, 0.05) is 25.7 Å². The van der Waals surface area contributed by atoms with Gasteiger partial charge in [-0.2, -0.15) is 8.42 Å². The maximum absolute atomic E-state index is 12.2. The summed E-state index contributed by atoms with van der Waals surface area (Å²) in [7, 11) is -1.78. The molecule has 5 nitrogen and oxygen atoms in total. The Morgan fingerprint density at radius 3 is 2.79 bits per heavy atom. The van der Waals surface area contributed by atoms with Crippen LogP contribution < -0.4 is 5.73 Å². The van der Waals surface area contributed by atoms with Crippen LogP contribution in [0.3, 0.4) is 0 Å². The molecular weight excluding hydrogens is 262 g/mol. The Kier molecular flexibility index (Phi) is 4.09. The number of benzene rings is 1. The summed E-state index contributed by atoms with van der Waals surface area (Å²) in [4.78, 5) is 2.08. The number of nitrogens with zero attached hydrogens (tertiary/aromatic N) is 2. The molecule has 1 saturated heterocycles. The van der Waals surface area contributed by atoms with Crippen molar-refractivity contribution in [2.45, 2.75) is 30.6 Å². The average Bonchev–Trinajstić information content (AvgIpc) is 2.55. The van der Waals surface area contributed by atoms with E-state index in [1.165, 1.54) is 12.1 Å². The van der Waals surface area contributed by atoms with E-state index in [1.807, 2.05) is 11.9 Å². The Morgan fingerprint density at radius 1 is 1.26 bits per heavy atom. The summed E-state index contributed by atoms with van der Waals surface area (Å²) < 4.78 is 28.5. The summed E-state index contributed by atoms with van der Waals surface area (Å²) in [6, 6.07) is 6.24. The molecule has 1 heterocycles. The predicted molar refractivity (Wildman–Crippen MR) is 76.6 cm³/mol. The van der Waals surface area contributed by atoms with Crippen molar-refractivity contribution in [2.75, 3.05) is 19.3 Å². The van der Waals surface area contributed by atoms with Crippen LogP contribution in [0.1, 0.15) is 25.7 Å².